The van der Waals surface area contributed by atoms with Gasteiger partial charge in [0, 0.05) is 0 Å². The Kier molecular flexibility index (Phi) is 4.05. The SMILES string of the molecule is COc1ccc(B2OC(C)(C)C(C)(C)O2)cc1N1CC(=O)NS1(=O)=O. The number of ether oxygens (including phenoxy) is 1. The van der Waals surface area contributed by atoms with Gasteiger partial charge in [-0.3, -0.25) is 4.79 Å². The highest BCUT2D eigenvalue weighted by atomic mass is 32.2. The summed E-state index contributed by atoms with van der Waals surface area (Å²) in [5.41, 5.74) is -0.138. The maximum atomic E-state index is 12.2. The van der Waals surface area contributed by atoms with Crippen LogP contribution in [0.2, 0.25) is 0 Å². The molecule has 2 fully saturated rings. The van der Waals surface area contributed by atoms with Crippen molar-refractivity contribution in [2.75, 3.05) is 18.0 Å². The lowest BCUT2D eigenvalue weighted by molar-refractivity contribution is -0.117. The van der Waals surface area contributed by atoms with E-state index in [4.69, 9.17) is 14.0 Å². The van der Waals surface area contributed by atoms with Crippen LogP contribution in [0.4, 0.5) is 5.69 Å². The molecular weight excluding hydrogens is 347 g/mol. The Morgan fingerprint density at radius 1 is 1.20 bits per heavy atom. The molecule has 2 aliphatic rings. The normalized spacial score (nSPS) is 23.6. The second-order valence-electron chi connectivity index (χ2n) is 7.06. The average molecular weight is 368 g/mol. The van der Waals surface area contributed by atoms with Crippen LogP contribution in [0.25, 0.3) is 0 Å². The Bertz CT molecular complexity index is 807. The molecule has 1 amide bonds. The predicted molar refractivity (Wildman–Crippen MR) is 93.1 cm³/mol. The summed E-state index contributed by atoms with van der Waals surface area (Å²) in [4.78, 5) is 11.5. The van der Waals surface area contributed by atoms with E-state index in [-0.39, 0.29) is 12.2 Å². The zero-order valence-electron chi connectivity index (χ0n) is 14.8. The molecule has 25 heavy (non-hydrogen) atoms. The zero-order valence-corrected chi connectivity index (χ0v) is 15.6. The number of hydrogen-bond acceptors (Lipinski definition) is 6. The molecule has 0 saturated carbocycles. The lowest BCUT2D eigenvalue weighted by Crippen LogP contribution is -2.41. The fourth-order valence-electron chi connectivity index (χ4n) is 2.69. The van der Waals surface area contributed by atoms with Gasteiger partial charge in [0.15, 0.2) is 0 Å². The van der Waals surface area contributed by atoms with Crippen molar-refractivity contribution in [2.45, 2.75) is 38.9 Å². The number of amides is 1. The number of nitrogens with zero attached hydrogens (tertiary/aromatic N) is 1. The van der Waals surface area contributed by atoms with Crippen molar-refractivity contribution in [2.24, 2.45) is 0 Å². The Balaban J connectivity index is 2.01. The van der Waals surface area contributed by atoms with Crippen LogP contribution < -0.4 is 19.2 Å². The molecule has 2 aliphatic heterocycles. The Labute approximate surface area is 147 Å². The van der Waals surface area contributed by atoms with Crippen LogP contribution in [0, 0.1) is 0 Å². The summed E-state index contributed by atoms with van der Waals surface area (Å²) >= 11 is 0. The molecule has 8 nitrogen and oxygen atoms in total. The number of anilines is 1. The van der Waals surface area contributed by atoms with Crippen molar-refractivity contribution in [1.29, 1.82) is 0 Å². The summed E-state index contributed by atoms with van der Waals surface area (Å²) in [6, 6.07) is 5.00. The molecule has 0 radical (unpaired) electrons. The van der Waals surface area contributed by atoms with Gasteiger partial charge in [-0.1, -0.05) is 6.07 Å². The van der Waals surface area contributed by atoms with E-state index < -0.39 is 34.4 Å². The summed E-state index contributed by atoms with van der Waals surface area (Å²) in [5.74, 6) is -0.261. The Hall–Kier alpha value is -1.78. The molecule has 3 rings (SSSR count). The predicted octanol–water partition coefficient (Wildman–Crippen LogP) is 0.175. The smallest absolute Gasteiger partial charge is 0.494 e. The molecule has 0 bridgehead atoms. The minimum atomic E-state index is -3.94. The standard InChI is InChI=1S/C15H21BN2O6S/c1-14(2)15(3,4)24-16(23-14)10-6-7-12(22-5)11(8-10)18-9-13(19)17-25(18,20)21/h6-8H,9H2,1-5H3,(H,17,19). The molecule has 2 heterocycles. The molecule has 2 saturated heterocycles. The summed E-state index contributed by atoms with van der Waals surface area (Å²) < 4.78 is 44.5. The molecular formula is C15H21BN2O6S. The van der Waals surface area contributed by atoms with Crippen LogP contribution in [0.3, 0.4) is 0 Å². The first-order valence-corrected chi connectivity index (χ1v) is 9.28. The van der Waals surface area contributed by atoms with Crippen molar-refractivity contribution in [1.82, 2.24) is 4.72 Å². The van der Waals surface area contributed by atoms with E-state index in [9.17, 15) is 13.2 Å². The largest absolute Gasteiger partial charge is 0.495 e. The maximum absolute atomic E-state index is 12.2. The van der Waals surface area contributed by atoms with Gasteiger partial charge in [-0.05, 0) is 45.3 Å². The lowest BCUT2D eigenvalue weighted by Gasteiger charge is -2.32. The van der Waals surface area contributed by atoms with Gasteiger partial charge in [0.05, 0.1) is 24.0 Å². The van der Waals surface area contributed by atoms with Gasteiger partial charge in [-0.25, -0.2) is 9.03 Å². The van der Waals surface area contributed by atoms with Gasteiger partial charge in [0.1, 0.15) is 12.3 Å². The monoisotopic (exact) mass is 368 g/mol. The van der Waals surface area contributed by atoms with Crippen molar-refractivity contribution >= 4 is 34.4 Å². The zero-order chi connectivity index (χ0) is 18.6. The van der Waals surface area contributed by atoms with Gasteiger partial charge in [0.25, 0.3) is 5.91 Å². The molecule has 0 atom stereocenters. The Morgan fingerprint density at radius 3 is 2.28 bits per heavy atom. The third-order valence-electron chi connectivity index (χ3n) is 4.82. The second-order valence-corrected chi connectivity index (χ2v) is 8.65. The highest BCUT2D eigenvalue weighted by Crippen LogP contribution is 2.37. The lowest BCUT2D eigenvalue weighted by atomic mass is 9.79. The fraction of sp³-hybridized carbons (Fsp3) is 0.533. The van der Waals surface area contributed by atoms with E-state index in [2.05, 4.69) is 0 Å². The quantitative estimate of drug-likeness (QED) is 0.765. The second kappa shape index (κ2) is 5.62. The van der Waals surface area contributed by atoms with Crippen LogP contribution in [0.1, 0.15) is 27.7 Å². The maximum Gasteiger partial charge on any atom is 0.494 e. The molecule has 1 aromatic carbocycles. The average Bonchev–Trinajstić information content (AvgIpc) is 2.89. The summed E-state index contributed by atoms with van der Waals surface area (Å²) in [5, 5.41) is 0. The van der Waals surface area contributed by atoms with E-state index in [0.29, 0.717) is 11.2 Å². The number of methoxy groups -OCH3 is 1. The minimum Gasteiger partial charge on any atom is -0.495 e. The highest BCUT2D eigenvalue weighted by molar-refractivity contribution is 7.92. The fourth-order valence-corrected chi connectivity index (χ4v) is 3.84. The third-order valence-corrected chi connectivity index (χ3v) is 6.21. The van der Waals surface area contributed by atoms with E-state index in [1.807, 2.05) is 32.4 Å². The minimum absolute atomic E-state index is 0.257. The van der Waals surface area contributed by atoms with Crippen LogP contribution in [-0.2, 0) is 24.3 Å². The highest BCUT2D eigenvalue weighted by Gasteiger charge is 2.52. The van der Waals surface area contributed by atoms with Crippen molar-refractivity contribution < 1.29 is 27.3 Å². The molecule has 136 valence electrons. The number of carbonyl (C=O) groups is 1. The summed E-state index contributed by atoms with van der Waals surface area (Å²) in [6.07, 6.45) is 0. The van der Waals surface area contributed by atoms with E-state index in [1.165, 1.54) is 7.11 Å². The molecule has 0 unspecified atom stereocenters. The van der Waals surface area contributed by atoms with Crippen LogP contribution >= 0.6 is 0 Å². The first kappa shape index (κ1) is 18.0. The van der Waals surface area contributed by atoms with E-state index in [0.717, 1.165) is 4.31 Å². The third kappa shape index (κ3) is 2.98. The first-order valence-electron chi connectivity index (χ1n) is 7.84. The molecule has 0 spiro atoms. The molecule has 1 N–H and O–H groups in total. The van der Waals surface area contributed by atoms with Crippen molar-refractivity contribution in [3.63, 3.8) is 0 Å². The number of rotatable bonds is 3. The van der Waals surface area contributed by atoms with E-state index >= 15 is 0 Å². The van der Waals surface area contributed by atoms with E-state index in [1.54, 1.807) is 18.2 Å². The van der Waals surface area contributed by atoms with Crippen LogP contribution in [0.15, 0.2) is 18.2 Å². The van der Waals surface area contributed by atoms with Crippen molar-refractivity contribution in [3.8, 4) is 5.75 Å². The van der Waals surface area contributed by atoms with Gasteiger partial charge in [0.2, 0.25) is 0 Å². The number of hydrogen-bond donors (Lipinski definition) is 1. The number of benzene rings is 1. The topological polar surface area (TPSA) is 94.2 Å². The van der Waals surface area contributed by atoms with Gasteiger partial charge >= 0.3 is 17.3 Å². The van der Waals surface area contributed by atoms with Gasteiger partial charge in [-0.2, -0.15) is 8.42 Å². The summed E-state index contributed by atoms with van der Waals surface area (Å²) in [7, 11) is -3.15. The molecule has 0 aromatic heterocycles. The molecule has 0 aliphatic carbocycles. The Morgan fingerprint density at radius 2 is 1.80 bits per heavy atom. The summed E-state index contributed by atoms with van der Waals surface area (Å²) in [6.45, 7) is 7.44. The van der Waals surface area contributed by atoms with Crippen LogP contribution in [0.5, 0.6) is 5.75 Å². The number of carbonyl (C=O) groups excluding carboxylic acids is 1. The molecule has 10 heteroatoms. The van der Waals surface area contributed by atoms with Crippen molar-refractivity contribution in [3.05, 3.63) is 18.2 Å². The van der Waals surface area contributed by atoms with Gasteiger partial charge < -0.3 is 14.0 Å². The number of nitrogens with one attached hydrogen (secondary N) is 1. The first-order chi connectivity index (χ1) is 11.5. The van der Waals surface area contributed by atoms with Gasteiger partial charge in [-0.15, -0.1) is 0 Å². The molecule has 1 aromatic rings. The van der Waals surface area contributed by atoms with Crippen LogP contribution in [-0.4, -0.2) is 46.3 Å².